The fraction of sp³-hybridized carbons (Fsp3) is 0.485. The molecule has 3 aromatic rings. The van der Waals surface area contributed by atoms with Gasteiger partial charge in [-0.05, 0) is 50.4 Å². The number of piperazine rings is 2. The maximum atomic E-state index is 12.9. The molecule has 3 aliphatic rings. The zero-order valence-corrected chi connectivity index (χ0v) is 27.5. The zero-order chi connectivity index (χ0) is 32.8. The molecule has 5 heterocycles. The summed E-state index contributed by atoms with van der Waals surface area (Å²) in [5, 5.41) is 6.24. The average molecular weight is 660 g/mol. The van der Waals surface area contributed by atoms with Crippen molar-refractivity contribution < 1.29 is 19.2 Å². The number of benzene rings is 1. The second kappa shape index (κ2) is 15.0. The van der Waals surface area contributed by atoms with Gasteiger partial charge in [0.1, 0.15) is 17.5 Å². The first-order valence-corrected chi connectivity index (χ1v) is 17.1. The lowest BCUT2D eigenvalue weighted by Gasteiger charge is -2.36. The zero-order valence-electron chi connectivity index (χ0n) is 26.7. The number of carbonyl (C=O) groups excluding carboxylic acids is 4. The van der Waals surface area contributed by atoms with E-state index in [0.29, 0.717) is 54.0 Å². The highest BCUT2D eigenvalue weighted by molar-refractivity contribution is 7.17. The topological polar surface area (TPSA) is 144 Å². The quantitative estimate of drug-likeness (QED) is 0.178. The second-order valence-corrected chi connectivity index (χ2v) is 13.3. The van der Waals surface area contributed by atoms with Crippen LogP contribution in [0, 0.1) is 6.92 Å². The van der Waals surface area contributed by atoms with Crippen molar-refractivity contribution >= 4 is 57.8 Å². The number of nitrogens with zero attached hydrogens (tertiary/aromatic N) is 7. The molecule has 3 fully saturated rings. The van der Waals surface area contributed by atoms with Crippen LogP contribution in [-0.2, 0) is 14.4 Å². The number of aldehydes is 1. The number of aromatic nitrogens is 3. The van der Waals surface area contributed by atoms with Crippen molar-refractivity contribution in [1.82, 2.24) is 30.1 Å². The van der Waals surface area contributed by atoms with Gasteiger partial charge in [0, 0.05) is 77.0 Å². The van der Waals surface area contributed by atoms with E-state index in [4.69, 9.17) is 0 Å². The molecule has 6 rings (SSSR count). The first-order valence-electron chi connectivity index (χ1n) is 16.3. The maximum Gasteiger partial charge on any atom is 0.234 e. The Balaban J connectivity index is 0.879. The van der Waals surface area contributed by atoms with Gasteiger partial charge in [0.15, 0.2) is 11.4 Å². The van der Waals surface area contributed by atoms with Crippen LogP contribution < -0.4 is 20.4 Å². The molecule has 248 valence electrons. The lowest BCUT2D eigenvalue weighted by Crippen LogP contribution is -2.48. The molecule has 1 atom stereocenters. The van der Waals surface area contributed by atoms with Crippen LogP contribution in [0.25, 0.3) is 0 Å². The van der Waals surface area contributed by atoms with E-state index < -0.39 is 0 Å². The summed E-state index contributed by atoms with van der Waals surface area (Å²) in [6.45, 7) is 9.43. The number of carbonyl (C=O) groups is 4. The smallest absolute Gasteiger partial charge is 0.234 e. The Morgan fingerprint density at radius 3 is 2.45 bits per heavy atom. The molecular weight excluding hydrogens is 618 g/mol. The van der Waals surface area contributed by atoms with Gasteiger partial charge in [-0.3, -0.25) is 29.4 Å². The summed E-state index contributed by atoms with van der Waals surface area (Å²) >= 11 is 1.28. The molecule has 47 heavy (non-hydrogen) atoms. The highest BCUT2D eigenvalue weighted by atomic mass is 32.1. The van der Waals surface area contributed by atoms with Crippen LogP contribution in [0.2, 0.25) is 0 Å². The number of aryl methyl sites for hydroxylation is 1. The van der Waals surface area contributed by atoms with Gasteiger partial charge in [-0.25, -0.2) is 15.0 Å². The van der Waals surface area contributed by atoms with Crippen molar-refractivity contribution in [2.24, 2.45) is 0 Å². The van der Waals surface area contributed by atoms with Gasteiger partial charge in [0.05, 0.1) is 17.0 Å². The Kier molecular flexibility index (Phi) is 10.4. The lowest BCUT2D eigenvalue weighted by atomic mass is 9.90. The lowest BCUT2D eigenvalue weighted by molar-refractivity contribution is -0.134. The first kappa shape index (κ1) is 32.5. The number of unbranched alkanes of at least 4 members (excludes halogenated alkanes) is 1. The number of imide groups is 1. The van der Waals surface area contributed by atoms with E-state index >= 15 is 0 Å². The number of amides is 3. The standard InChI is InChI=1S/C33H41N9O4S/c1-23-35-28(37-33-34-21-26(22-43)47-33)20-29(36-23)41-14-12-39(13-15-41)11-3-2-4-31(45)42-18-16-40(17-19-42)25-7-5-24(6-8-25)27-9-10-30(44)38-32(27)46/h5-8,20-22,27H,2-4,9-19H2,1H3,(H,38,44,46)(H,34,35,36,37). The first-order chi connectivity index (χ1) is 22.8. The summed E-state index contributed by atoms with van der Waals surface area (Å²) in [5.74, 6) is 1.74. The van der Waals surface area contributed by atoms with E-state index in [1.54, 1.807) is 6.20 Å². The largest absolute Gasteiger partial charge is 0.368 e. The second-order valence-electron chi connectivity index (χ2n) is 12.2. The minimum atomic E-state index is -0.276. The van der Waals surface area contributed by atoms with Gasteiger partial charge in [0.25, 0.3) is 0 Å². The van der Waals surface area contributed by atoms with Gasteiger partial charge in [-0.2, -0.15) is 0 Å². The summed E-state index contributed by atoms with van der Waals surface area (Å²) in [4.78, 5) is 70.5. The summed E-state index contributed by atoms with van der Waals surface area (Å²) in [6.07, 6.45) is 5.69. The Bertz CT molecular complexity index is 1580. The van der Waals surface area contributed by atoms with E-state index in [9.17, 15) is 19.2 Å². The predicted molar refractivity (Wildman–Crippen MR) is 180 cm³/mol. The molecule has 3 saturated heterocycles. The van der Waals surface area contributed by atoms with Crippen LogP contribution >= 0.6 is 11.3 Å². The van der Waals surface area contributed by atoms with Gasteiger partial charge in [-0.1, -0.05) is 23.5 Å². The predicted octanol–water partition coefficient (Wildman–Crippen LogP) is 2.96. The summed E-state index contributed by atoms with van der Waals surface area (Å²) < 4.78 is 0. The molecule has 0 spiro atoms. The molecule has 1 unspecified atom stereocenters. The number of thiazole rings is 1. The normalized spacial score (nSPS) is 19.1. The third-order valence-electron chi connectivity index (χ3n) is 9.04. The molecule has 2 N–H and O–H groups in total. The number of anilines is 4. The van der Waals surface area contributed by atoms with Crippen molar-refractivity contribution in [1.29, 1.82) is 0 Å². The highest BCUT2D eigenvalue weighted by Crippen LogP contribution is 2.28. The van der Waals surface area contributed by atoms with Gasteiger partial charge in [0.2, 0.25) is 17.7 Å². The van der Waals surface area contributed by atoms with Crippen LogP contribution in [0.1, 0.15) is 59.1 Å². The van der Waals surface area contributed by atoms with E-state index in [1.165, 1.54) is 11.3 Å². The van der Waals surface area contributed by atoms with Crippen molar-refractivity contribution in [2.45, 2.75) is 44.9 Å². The molecule has 14 heteroatoms. The molecule has 3 aliphatic heterocycles. The molecule has 1 aromatic carbocycles. The molecule has 0 aliphatic carbocycles. The van der Waals surface area contributed by atoms with Crippen molar-refractivity contribution in [3.8, 4) is 0 Å². The van der Waals surface area contributed by atoms with E-state index in [-0.39, 0.29) is 23.6 Å². The van der Waals surface area contributed by atoms with Gasteiger partial charge in [-0.15, -0.1) is 0 Å². The van der Waals surface area contributed by atoms with Crippen LogP contribution in [0.15, 0.2) is 36.5 Å². The fourth-order valence-corrected chi connectivity index (χ4v) is 7.04. The molecule has 13 nitrogen and oxygen atoms in total. The molecule has 3 amide bonds. The Hall–Kier alpha value is -4.43. The Labute approximate surface area is 278 Å². The van der Waals surface area contributed by atoms with Crippen molar-refractivity contribution in [3.63, 3.8) is 0 Å². The summed E-state index contributed by atoms with van der Waals surface area (Å²) in [5.41, 5.74) is 2.02. The van der Waals surface area contributed by atoms with Crippen LogP contribution in [0.4, 0.5) is 22.5 Å². The third kappa shape index (κ3) is 8.30. The molecule has 2 aromatic heterocycles. The van der Waals surface area contributed by atoms with E-state index in [2.05, 4.69) is 40.3 Å². The van der Waals surface area contributed by atoms with Crippen molar-refractivity contribution in [2.75, 3.05) is 74.0 Å². The maximum absolute atomic E-state index is 12.9. The van der Waals surface area contributed by atoms with Gasteiger partial charge < -0.3 is 20.0 Å². The van der Waals surface area contributed by atoms with Crippen molar-refractivity contribution in [3.05, 3.63) is 52.8 Å². The number of nitrogens with one attached hydrogen (secondary N) is 2. The summed E-state index contributed by atoms with van der Waals surface area (Å²) in [7, 11) is 0. The Morgan fingerprint density at radius 1 is 1.00 bits per heavy atom. The van der Waals surface area contributed by atoms with Crippen LogP contribution in [0.5, 0.6) is 0 Å². The molecule has 0 radical (unpaired) electrons. The number of hydrogen-bond acceptors (Lipinski definition) is 12. The monoisotopic (exact) mass is 659 g/mol. The fourth-order valence-electron chi connectivity index (χ4n) is 6.40. The third-order valence-corrected chi connectivity index (χ3v) is 9.88. The summed E-state index contributed by atoms with van der Waals surface area (Å²) in [6, 6.07) is 9.96. The SMILES string of the molecule is Cc1nc(Nc2ncc(C=O)s2)cc(N2CCN(CCCCC(=O)N3CCN(c4ccc(C5CCC(=O)NC5=O)cc4)CC3)CC2)n1. The molecule has 0 saturated carbocycles. The van der Waals surface area contributed by atoms with E-state index in [0.717, 1.165) is 82.0 Å². The molecule has 0 bridgehead atoms. The minimum absolute atomic E-state index is 0.200. The number of rotatable bonds is 11. The van der Waals surface area contributed by atoms with Crippen LogP contribution in [0.3, 0.4) is 0 Å². The number of piperidine rings is 1. The van der Waals surface area contributed by atoms with Gasteiger partial charge >= 0.3 is 0 Å². The number of hydrogen-bond donors (Lipinski definition) is 2. The average Bonchev–Trinajstić information content (AvgIpc) is 3.54. The molecular formula is C33H41N9O4S. The Morgan fingerprint density at radius 2 is 1.74 bits per heavy atom. The van der Waals surface area contributed by atoms with E-state index in [1.807, 2.05) is 42.2 Å². The minimum Gasteiger partial charge on any atom is -0.368 e. The highest BCUT2D eigenvalue weighted by Gasteiger charge is 2.28. The van der Waals surface area contributed by atoms with Crippen LogP contribution in [-0.4, -0.2) is 108 Å².